The van der Waals surface area contributed by atoms with Gasteiger partial charge in [-0.1, -0.05) is 30.3 Å². The molecule has 0 saturated carbocycles. The summed E-state index contributed by atoms with van der Waals surface area (Å²) in [7, 11) is 1.49. The van der Waals surface area contributed by atoms with Gasteiger partial charge in [0.15, 0.2) is 5.11 Å². The molecule has 0 aliphatic heterocycles. The van der Waals surface area contributed by atoms with Gasteiger partial charge < -0.3 is 19.5 Å². The van der Waals surface area contributed by atoms with Crippen molar-refractivity contribution in [3.63, 3.8) is 0 Å². The zero-order chi connectivity index (χ0) is 23.2. The molecule has 0 fully saturated rings. The van der Waals surface area contributed by atoms with Crippen LogP contribution >= 0.6 is 12.2 Å². The fourth-order valence-corrected chi connectivity index (χ4v) is 2.54. The van der Waals surface area contributed by atoms with Crippen molar-refractivity contribution in [1.29, 1.82) is 0 Å². The molecule has 0 saturated heterocycles. The zero-order valence-electron chi connectivity index (χ0n) is 17.6. The number of thiocarbonyl (C=S) groups is 1. The molecule has 10 heteroatoms. The van der Waals surface area contributed by atoms with E-state index in [9.17, 15) is 14.4 Å². The van der Waals surface area contributed by atoms with E-state index in [4.69, 9.17) is 26.4 Å². The molecule has 0 unspecified atom stereocenters. The molecule has 2 amide bonds. The number of benzene rings is 2. The first kappa shape index (κ1) is 24.8. The Balaban J connectivity index is 1.67. The summed E-state index contributed by atoms with van der Waals surface area (Å²) in [6.45, 7) is 0.838. The number of methoxy groups -OCH3 is 1. The van der Waals surface area contributed by atoms with Gasteiger partial charge in [-0.05, 0) is 42.0 Å². The summed E-state index contributed by atoms with van der Waals surface area (Å²) in [5, 5.41) is 2.27. The standard InChI is InChI=1S/C22H25N3O6S/c1-29-13-14-30-20(27)12-11-19(26)23-22(32)25-24-21(28)17-7-9-18(10-8-17)31-15-16-5-3-2-4-6-16/h2-10H,11-15H2,1H3,(H,24,28)(H2,23,25,26,32). The lowest BCUT2D eigenvalue weighted by Crippen LogP contribution is -2.48. The highest BCUT2D eigenvalue weighted by molar-refractivity contribution is 7.80. The van der Waals surface area contributed by atoms with Crippen molar-refractivity contribution in [2.75, 3.05) is 20.3 Å². The minimum atomic E-state index is -0.513. The monoisotopic (exact) mass is 459 g/mol. The third-order valence-electron chi connectivity index (χ3n) is 4.01. The lowest BCUT2D eigenvalue weighted by atomic mass is 10.2. The molecule has 9 nitrogen and oxygen atoms in total. The normalized spacial score (nSPS) is 10.0. The highest BCUT2D eigenvalue weighted by atomic mass is 32.1. The number of hydrogen-bond acceptors (Lipinski definition) is 7. The Hall–Kier alpha value is -3.50. The number of nitrogens with one attached hydrogen (secondary N) is 3. The molecular weight excluding hydrogens is 434 g/mol. The molecule has 2 aromatic carbocycles. The van der Waals surface area contributed by atoms with Gasteiger partial charge in [0.2, 0.25) is 5.91 Å². The fourth-order valence-electron chi connectivity index (χ4n) is 2.38. The first-order valence-electron chi connectivity index (χ1n) is 9.79. The van der Waals surface area contributed by atoms with Crippen molar-refractivity contribution in [3.05, 3.63) is 65.7 Å². The number of hydrazine groups is 1. The van der Waals surface area contributed by atoms with Crippen LogP contribution in [-0.2, 0) is 25.7 Å². The van der Waals surface area contributed by atoms with Crippen LogP contribution in [0.2, 0.25) is 0 Å². The lowest BCUT2D eigenvalue weighted by Gasteiger charge is -2.11. The number of carbonyl (C=O) groups excluding carboxylic acids is 3. The van der Waals surface area contributed by atoms with Gasteiger partial charge in [-0.3, -0.25) is 25.2 Å². The summed E-state index contributed by atoms with van der Waals surface area (Å²) in [4.78, 5) is 35.5. The van der Waals surface area contributed by atoms with Crippen LogP contribution in [0.15, 0.2) is 54.6 Å². The third kappa shape index (κ3) is 9.54. The molecule has 0 atom stereocenters. The van der Waals surface area contributed by atoms with Crippen molar-refractivity contribution in [2.24, 2.45) is 0 Å². The third-order valence-corrected chi connectivity index (χ3v) is 4.22. The first-order valence-corrected chi connectivity index (χ1v) is 10.2. The van der Waals surface area contributed by atoms with Crippen LogP contribution in [0, 0.1) is 0 Å². The molecule has 3 N–H and O–H groups in total. The van der Waals surface area contributed by atoms with Crippen molar-refractivity contribution < 1.29 is 28.6 Å². The molecule has 2 aromatic rings. The number of ether oxygens (including phenoxy) is 3. The highest BCUT2D eigenvalue weighted by Crippen LogP contribution is 2.14. The van der Waals surface area contributed by atoms with E-state index < -0.39 is 17.8 Å². The van der Waals surface area contributed by atoms with Gasteiger partial charge in [0.1, 0.15) is 19.0 Å². The second-order valence-corrected chi connectivity index (χ2v) is 6.88. The van der Waals surface area contributed by atoms with Crippen LogP contribution in [-0.4, -0.2) is 43.2 Å². The van der Waals surface area contributed by atoms with Crippen LogP contribution in [0.25, 0.3) is 0 Å². The van der Waals surface area contributed by atoms with Crippen molar-refractivity contribution in [1.82, 2.24) is 16.2 Å². The molecule has 2 rings (SSSR count). The largest absolute Gasteiger partial charge is 0.489 e. The van der Waals surface area contributed by atoms with Gasteiger partial charge in [0, 0.05) is 19.1 Å². The maximum atomic E-state index is 12.2. The maximum Gasteiger partial charge on any atom is 0.306 e. The summed E-state index contributed by atoms with van der Waals surface area (Å²) in [6, 6.07) is 16.3. The van der Waals surface area contributed by atoms with E-state index in [1.807, 2.05) is 30.3 Å². The molecule has 0 heterocycles. The van der Waals surface area contributed by atoms with Crippen molar-refractivity contribution in [2.45, 2.75) is 19.4 Å². The van der Waals surface area contributed by atoms with Gasteiger partial charge >= 0.3 is 5.97 Å². The Bertz CT molecular complexity index is 906. The smallest absolute Gasteiger partial charge is 0.306 e. The molecule has 0 bridgehead atoms. The maximum absolute atomic E-state index is 12.2. The quantitative estimate of drug-likeness (QED) is 0.214. The Morgan fingerprint density at radius 3 is 2.31 bits per heavy atom. The van der Waals surface area contributed by atoms with Gasteiger partial charge in [0.25, 0.3) is 5.91 Å². The summed E-state index contributed by atoms with van der Waals surface area (Å²) in [5.74, 6) is -0.819. The summed E-state index contributed by atoms with van der Waals surface area (Å²) in [5.41, 5.74) is 6.24. The topological polar surface area (TPSA) is 115 Å². The predicted molar refractivity (Wildman–Crippen MR) is 121 cm³/mol. The molecule has 0 spiro atoms. The van der Waals surface area contributed by atoms with E-state index in [2.05, 4.69) is 16.2 Å². The fraction of sp³-hybridized carbons (Fsp3) is 0.273. The van der Waals surface area contributed by atoms with E-state index in [-0.39, 0.29) is 31.2 Å². The minimum Gasteiger partial charge on any atom is -0.489 e. The van der Waals surface area contributed by atoms with Crippen molar-refractivity contribution >= 4 is 35.1 Å². The summed E-state index contributed by atoms with van der Waals surface area (Å²) >= 11 is 4.96. The average Bonchev–Trinajstić information content (AvgIpc) is 2.81. The predicted octanol–water partition coefficient (Wildman–Crippen LogP) is 1.87. The lowest BCUT2D eigenvalue weighted by molar-refractivity contribution is -0.146. The van der Waals surface area contributed by atoms with E-state index in [1.54, 1.807) is 24.3 Å². The minimum absolute atomic E-state index is 0.0940. The highest BCUT2D eigenvalue weighted by Gasteiger charge is 2.11. The number of carbonyl (C=O) groups is 3. The van der Waals surface area contributed by atoms with Crippen LogP contribution in [0.4, 0.5) is 0 Å². The van der Waals surface area contributed by atoms with Gasteiger partial charge in [-0.25, -0.2) is 0 Å². The van der Waals surface area contributed by atoms with Crippen LogP contribution in [0.3, 0.4) is 0 Å². The Morgan fingerprint density at radius 2 is 1.62 bits per heavy atom. The van der Waals surface area contributed by atoms with E-state index in [0.29, 0.717) is 17.9 Å². The Morgan fingerprint density at radius 1 is 0.906 bits per heavy atom. The van der Waals surface area contributed by atoms with Gasteiger partial charge in [0.05, 0.1) is 13.0 Å². The Kier molecular flexibility index (Phi) is 10.6. The second kappa shape index (κ2) is 13.7. The zero-order valence-corrected chi connectivity index (χ0v) is 18.4. The van der Waals surface area contributed by atoms with Gasteiger partial charge in [-0.15, -0.1) is 0 Å². The summed E-state index contributed by atoms with van der Waals surface area (Å²) < 4.78 is 15.3. The Labute approximate surface area is 191 Å². The molecule has 0 radical (unpaired) electrons. The number of amides is 2. The number of esters is 1. The van der Waals surface area contributed by atoms with Crippen LogP contribution in [0.1, 0.15) is 28.8 Å². The van der Waals surface area contributed by atoms with Gasteiger partial charge in [-0.2, -0.15) is 0 Å². The molecule has 170 valence electrons. The number of rotatable bonds is 10. The van der Waals surface area contributed by atoms with E-state index in [0.717, 1.165) is 5.56 Å². The van der Waals surface area contributed by atoms with E-state index in [1.165, 1.54) is 7.11 Å². The first-order chi connectivity index (χ1) is 15.5. The average molecular weight is 460 g/mol. The molecule has 0 aromatic heterocycles. The van der Waals surface area contributed by atoms with Crippen LogP contribution in [0.5, 0.6) is 5.75 Å². The molecule has 0 aliphatic carbocycles. The summed E-state index contributed by atoms with van der Waals surface area (Å²) in [6.07, 6.45) is -0.199. The molecular formula is C22H25N3O6S. The van der Waals surface area contributed by atoms with Crippen molar-refractivity contribution in [3.8, 4) is 5.75 Å². The molecule has 0 aliphatic rings. The SMILES string of the molecule is COCCOC(=O)CCC(=O)NC(=S)NNC(=O)c1ccc(OCc2ccccc2)cc1. The number of hydrogen-bond donors (Lipinski definition) is 3. The van der Waals surface area contributed by atoms with E-state index >= 15 is 0 Å². The van der Waals surface area contributed by atoms with Crippen LogP contribution < -0.4 is 20.9 Å². The second-order valence-electron chi connectivity index (χ2n) is 6.47. The molecule has 32 heavy (non-hydrogen) atoms.